The van der Waals surface area contributed by atoms with E-state index in [-0.39, 0.29) is 11.6 Å². The minimum Gasteiger partial charge on any atom is -0.301 e. The molecule has 21 heavy (non-hydrogen) atoms. The topological polar surface area (TPSA) is 35.8 Å². The van der Waals surface area contributed by atoms with Crippen molar-refractivity contribution in [3.05, 3.63) is 69.7 Å². The molecule has 2 aromatic carbocycles. The van der Waals surface area contributed by atoms with E-state index in [1.807, 2.05) is 24.3 Å². The van der Waals surface area contributed by atoms with Crippen LogP contribution in [0.1, 0.15) is 43.5 Å². The van der Waals surface area contributed by atoms with Gasteiger partial charge in [-0.3, -0.25) is 0 Å². The molecule has 1 unspecified atom stereocenters. The number of nitriles is 1. The summed E-state index contributed by atoms with van der Waals surface area (Å²) >= 11 is 3.47. The van der Waals surface area contributed by atoms with Crippen LogP contribution in [0.4, 0.5) is 0 Å². The van der Waals surface area contributed by atoms with E-state index in [2.05, 4.69) is 72.4 Å². The van der Waals surface area contributed by atoms with Gasteiger partial charge in [-0.1, -0.05) is 40.2 Å². The lowest BCUT2D eigenvalue weighted by molar-refractivity contribution is 0.357. The van der Waals surface area contributed by atoms with Gasteiger partial charge in [0, 0.05) is 16.1 Å². The zero-order chi connectivity index (χ0) is 15.5. The largest absolute Gasteiger partial charge is 0.301 e. The molecule has 2 aromatic rings. The molecule has 1 atom stereocenters. The highest BCUT2D eigenvalue weighted by atomic mass is 79.9. The number of halogens is 1. The first-order chi connectivity index (χ1) is 9.92. The molecule has 2 nitrogen and oxygen atoms in total. The van der Waals surface area contributed by atoms with Gasteiger partial charge in [0.2, 0.25) is 0 Å². The molecule has 0 saturated carbocycles. The van der Waals surface area contributed by atoms with Crippen molar-refractivity contribution in [2.45, 2.75) is 32.4 Å². The van der Waals surface area contributed by atoms with Crippen LogP contribution in [0.3, 0.4) is 0 Å². The molecule has 0 spiro atoms. The lowest BCUT2D eigenvalue weighted by Gasteiger charge is -2.31. The van der Waals surface area contributed by atoms with Crippen LogP contribution >= 0.6 is 15.9 Å². The molecular weight excluding hydrogens is 324 g/mol. The van der Waals surface area contributed by atoms with Crippen LogP contribution in [0.2, 0.25) is 0 Å². The number of hydrogen-bond acceptors (Lipinski definition) is 2. The summed E-state index contributed by atoms with van der Waals surface area (Å²) in [6, 6.07) is 18.5. The van der Waals surface area contributed by atoms with Crippen molar-refractivity contribution in [3.8, 4) is 6.07 Å². The zero-order valence-electron chi connectivity index (χ0n) is 12.5. The molecule has 0 amide bonds. The van der Waals surface area contributed by atoms with E-state index in [0.29, 0.717) is 5.56 Å². The molecule has 0 bridgehead atoms. The molecular formula is C18H19BrN2. The molecule has 0 fully saturated rings. The number of nitrogens with zero attached hydrogens (tertiary/aromatic N) is 1. The Morgan fingerprint density at radius 1 is 1.05 bits per heavy atom. The summed E-state index contributed by atoms with van der Waals surface area (Å²) in [5.74, 6) is 0. The Hall–Kier alpha value is -1.63. The Balaban J connectivity index is 2.15. The lowest BCUT2D eigenvalue weighted by Crippen LogP contribution is -2.38. The molecule has 2 rings (SSSR count). The average Bonchev–Trinajstić information content (AvgIpc) is 2.47. The van der Waals surface area contributed by atoms with Crippen LogP contribution < -0.4 is 5.32 Å². The number of hydrogen-bond donors (Lipinski definition) is 1. The third kappa shape index (κ3) is 3.93. The van der Waals surface area contributed by atoms with E-state index >= 15 is 0 Å². The second-order valence-electron chi connectivity index (χ2n) is 5.73. The summed E-state index contributed by atoms with van der Waals surface area (Å²) in [4.78, 5) is 0. The molecule has 3 heteroatoms. The summed E-state index contributed by atoms with van der Waals surface area (Å²) in [5, 5.41) is 12.5. The van der Waals surface area contributed by atoms with Crippen LogP contribution in [0.5, 0.6) is 0 Å². The van der Waals surface area contributed by atoms with Crippen molar-refractivity contribution in [1.82, 2.24) is 5.32 Å². The van der Waals surface area contributed by atoms with Gasteiger partial charge in [0.1, 0.15) is 0 Å². The molecule has 0 heterocycles. The maximum atomic E-state index is 8.86. The van der Waals surface area contributed by atoms with Crippen LogP contribution in [-0.2, 0) is 5.54 Å². The highest BCUT2D eigenvalue weighted by Crippen LogP contribution is 2.26. The molecule has 0 aromatic heterocycles. The van der Waals surface area contributed by atoms with Gasteiger partial charge in [-0.2, -0.15) is 5.26 Å². The Kier molecular flexibility index (Phi) is 4.82. The lowest BCUT2D eigenvalue weighted by atomic mass is 9.92. The zero-order valence-corrected chi connectivity index (χ0v) is 14.1. The van der Waals surface area contributed by atoms with Crippen molar-refractivity contribution < 1.29 is 0 Å². The minimum absolute atomic E-state index is 0.131. The van der Waals surface area contributed by atoms with E-state index in [1.165, 1.54) is 11.1 Å². The van der Waals surface area contributed by atoms with E-state index in [9.17, 15) is 0 Å². The Labute approximate surface area is 134 Å². The van der Waals surface area contributed by atoms with E-state index in [1.54, 1.807) is 0 Å². The summed E-state index contributed by atoms with van der Waals surface area (Å²) in [6.45, 7) is 6.49. The molecule has 0 aliphatic rings. The fourth-order valence-corrected chi connectivity index (χ4v) is 2.69. The van der Waals surface area contributed by atoms with E-state index < -0.39 is 0 Å². The fraction of sp³-hybridized carbons (Fsp3) is 0.278. The number of nitrogens with one attached hydrogen (secondary N) is 1. The fourth-order valence-electron chi connectivity index (χ4n) is 2.42. The van der Waals surface area contributed by atoms with Gasteiger partial charge < -0.3 is 5.32 Å². The average molecular weight is 343 g/mol. The highest BCUT2D eigenvalue weighted by molar-refractivity contribution is 9.10. The third-order valence-corrected chi connectivity index (χ3v) is 4.21. The summed E-state index contributed by atoms with van der Waals surface area (Å²) in [5.41, 5.74) is 2.98. The predicted molar refractivity (Wildman–Crippen MR) is 89.9 cm³/mol. The van der Waals surface area contributed by atoms with Crippen LogP contribution in [0, 0.1) is 11.3 Å². The van der Waals surface area contributed by atoms with Crippen molar-refractivity contribution in [2.75, 3.05) is 0 Å². The van der Waals surface area contributed by atoms with E-state index in [0.717, 1.165) is 4.47 Å². The summed E-state index contributed by atoms with van der Waals surface area (Å²) < 4.78 is 1.09. The van der Waals surface area contributed by atoms with Crippen LogP contribution in [0.25, 0.3) is 0 Å². The van der Waals surface area contributed by atoms with Gasteiger partial charge in [0.15, 0.2) is 0 Å². The second kappa shape index (κ2) is 6.43. The van der Waals surface area contributed by atoms with Crippen molar-refractivity contribution in [2.24, 2.45) is 0 Å². The molecule has 1 N–H and O–H groups in total. The normalized spacial score (nSPS) is 12.7. The van der Waals surface area contributed by atoms with Crippen molar-refractivity contribution in [1.29, 1.82) is 5.26 Å². The second-order valence-corrected chi connectivity index (χ2v) is 6.65. The minimum atomic E-state index is -0.131. The number of rotatable bonds is 4. The molecule has 0 radical (unpaired) electrons. The quantitative estimate of drug-likeness (QED) is 0.856. The van der Waals surface area contributed by atoms with Gasteiger partial charge >= 0.3 is 0 Å². The monoisotopic (exact) mass is 342 g/mol. The van der Waals surface area contributed by atoms with Gasteiger partial charge in [-0.15, -0.1) is 0 Å². The van der Waals surface area contributed by atoms with Crippen molar-refractivity contribution in [3.63, 3.8) is 0 Å². The molecule has 0 aliphatic carbocycles. The summed E-state index contributed by atoms with van der Waals surface area (Å²) in [6.07, 6.45) is 0. The predicted octanol–water partition coefficient (Wildman–Crippen LogP) is 4.91. The van der Waals surface area contributed by atoms with Gasteiger partial charge in [-0.05, 0) is 56.2 Å². The van der Waals surface area contributed by atoms with Crippen LogP contribution in [-0.4, -0.2) is 0 Å². The van der Waals surface area contributed by atoms with E-state index in [4.69, 9.17) is 5.26 Å². The molecule has 108 valence electrons. The molecule has 0 aliphatic heterocycles. The van der Waals surface area contributed by atoms with Gasteiger partial charge in [0.05, 0.1) is 11.6 Å². The Morgan fingerprint density at radius 3 is 2.14 bits per heavy atom. The first-order valence-corrected chi connectivity index (χ1v) is 7.75. The third-order valence-electron chi connectivity index (χ3n) is 3.68. The Morgan fingerprint density at radius 2 is 1.62 bits per heavy atom. The summed E-state index contributed by atoms with van der Waals surface area (Å²) in [7, 11) is 0. The first kappa shape index (κ1) is 15.8. The first-order valence-electron chi connectivity index (χ1n) is 6.96. The highest BCUT2D eigenvalue weighted by Gasteiger charge is 2.22. The Bertz CT molecular complexity index is 636. The SMILES string of the molecule is CC(NC(C)(C)c1ccc(Br)cc1)c1ccc(C#N)cc1. The van der Waals surface area contributed by atoms with Crippen molar-refractivity contribution >= 4 is 15.9 Å². The van der Waals surface area contributed by atoms with Gasteiger partial charge in [-0.25, -0.2) is 0 Å². The maximum absolute atomic E-state index is 8.86. The number of benzene rings is 2. The van der Waals surface area contributed by atoms with Crippen LogP contribution in [0.15, 0.2) is 53.0 Å². The smallest absolute Gasteiger partial charge is 0.0991 e. The van der Waals surface area contributed by atoms with Gasteiger partial charge in [0.25, 0.3) is 0 Å². The standard InChI is InChI=1S/C18H19BrN2/c1-13(15-6-4-14(12-20)5-7-15)21-18(2,3)16-8-10-17(19)11-9-16/h4-11,13,21H,1-3H3. The molecule has 0 saturated heterocycles. The maximum Gasteiger partial charge on any atom is 0.0991 e.